The summed E-state index contributed by atoms with van der Waals surface area (Å²) in [6, 6.07) is -0.251. The van der Waals surface area contributed by atoms with E-state index in [2.05, 4.69) is 4.72 Å². The molecule has 0 aromatic heterocycles. The summed E-state index contributed by atoms with van der Waals surface area (Å²) >= 11 is 0. The maximum absolute atomic E-state index is 12.0. The molecule has 0 bridgehead atoms. The van der Waals surface area contributed by atoms with Gasteiger partial charge in [-0.25, -0.2) is 13.1 Å². The average Bonchev–Trinajstić information content (AvgIpc) is 2.79. The lowest BCUT2D eigenvalue weighted by Gasteiger charge is -2.35. The maximum Gasteiger partial charge on any atom is 0.389 e. The van der Waals surface area contributed by atoms with Crippen LogP contribution in [0.1, 0.15) is 38.5 Å². The van der Waals surface area contributed by atoms with Gasteiger partial charge in [-0.3, -0.25) is 0 Å². The molecule has 0 atom stereocenters. The van der Waals surface area contributed by atoms with Crippen LogP contribution >= 0.6 is 0 Å². The van der Waals surface area contributed by atoms with Crippen LogP contribution in [0.5, 0.6) is 0 Å². The Kier molecular flexibility index (Phi) is 5.17. The summed E-state index contributed by atoms with van der Waals surface area (Å²) in [6.45, 7) is 1.10. The smallest absolute Gasteiger partial charge is 0.348 e. The van der Waals surface area contributed by atoms with E-state index in [-0.39, 0.29) is 6.04 Å². The molecule has 0 aromatic carbocycles. The molecule has 1 aliphatic heterocycles. The van der Waals surface area contributed by atoms with Gasteiger partial charge in [0.15, 0.2) is 5.79 Å². The predicted octanol–water partition coefficient (Wildman–Crippen LogP) is 1.93. The lowest BCUT2D eigenvalue weighted by Crippen LogP contribution is -2.44. The van der Waals surface area contributed by atoms with Crippen molar-refractivity contribution in [2.75, 3.05) is 19.0 Å². The second-order valence-corrected chi connectivity index (χ2v) is 7.41. The minimum atomic E-state index is -4.32. The average molecular weight is 331 g/mol. The minimum Gasteiger partial charge on any atom is -0.348 e. The van der Waals surface area contributed by atoms with Crippen LogP contribution in [0.4, 0.5) is 13.2 Å². The molecule has 1 heterocycles. The predicted molar refractivity (Wildman–Crippen MR) is 69.1 cm³/mol. The standard InChI is InChI=1S/C12H20F3NO4S/c13-12(14,15)4-1-9-21(17,18)16-10-2-5-11(6-3-10)19-7-8-20-11/h10,16H,1-9H2. The quantitative estimate of drug-likeness (QED) is 0.836. The summed E-state index contributed by atoms with van der Waals surface area (Å²) in [7, 11) is -3.67. The highest BCUT2D eigenvalue weighted by Crippen LogP contribution is 2.35. The topological polar surface area (TPSA) is 64.6 Å². The zero-order chi connectivity index (χ0) is 15.6. The van der Waals surface area contributed by atoms with Crippen molar-refractivity contribution in [1.29, 1.82) is 0 Å². The van der Waals surface area contributed by atoms with E-state index >= 15 is 0 Å². The second kappa shape index (κ2) is 6.39. The van der Waals surface area contributed by atoms with Crippen LogP contribution in [-0.4, -0.2) is 45.4 Å². The van der Waals surface area contributed by atoms with Gasteiger partial charge in [0.2, 0.25) is 10.0 Å². The molecule has 1 saturated heterocycles. The van der Waals surface area contributed by atoms with Crippen molar-refractivity contribution in [3.63, 3.8) is 0 Å². The van der Waals surface area contributed by atoms with Crippen LogP contribution in [0, 0.1) is 0 Å². The van der Waals surface area contributed by atoms with Gasteiger partial charge in [0.05, 0.1) is 19.0 Å². The molecule has 0 aromatic rings. The van der Waals surface area contributed by atoms with Crippen molar-refractivity contribution >= 4 is 10.0 Å². The van der Waals surface area contributed by atoms with Crippen LogP contribution in [0.2, 0.25) is 0 Å². The number of rotatable bonds is 5. The Bertz CT molecular complexity index is 436. The van der Waals surface area contributed by atoms with Gasteiger partial charge in [-0.05, 0) is 19.3 Å². The third kappa shape index (κ3) is 5.39. The number of nitrogens with one attached hydrogen (secondary N) is 1. The van der Waals surface area contributed by atoms with E-state index in [1.165, 1.54) is 0 Å². The lowest BCUT2D eigenvalue weighted by molar-refractivity contribution is -0.178. The molecule has 9 heteroatoms. The molecular formula is C12H20F3NO4S. The summed E-state index contributed by atoms with van der Waals surface area (Å²) in [5.74, 6) is -1.07. The van der Waals surface area contributed by atoms with Crippen molar-refractivity contribution in [1.82, 2.24) is 4.72 Å². The summed E-state index contributed by atoms with van der Waals surface area (Å²) < 4.78 is 73.1. The molecule has 2 rings (SSSR count). The summed E-state index contributed by atoms with van der Waals surface area (Å²) in [4.78, 5) is 0. The number of halogens is 3. The summed E-state index contributed by atoms with van der Waals surface area (Å²) in [5.41, 5.74) is 0. The fourth-order valence-electron chi connectivity index (χ4n) is 2.74. The number of ether oxygens (including phenoxy) is 2. The molecule has 0 radical (unpaired) electrons. The van der Waals surface area contributed by atoms with E-state index in [1.807, 2.05) is 0 Å². The van der Waals surface area contributed by atoms with Crippen LogP contribution in [0.3, 0.4) is 0 Å². The zero-order valence-electron chi connectivity index (χ0n) is 11.6. The Morgan fingerprint density at radius 1 is 1.14 bits per heavy atom. The van der Waals surface area contributed by atoms with Crippen molar-refractivity contribution < 1.29 is 31.1 Å². The number of hydrogen-bond donors (Lipinski definition) is 1. The van der Waals surface area contributed by atoms with E-state index in [0.717, 1.165) is 0 Å². The van der Waals surface area contributed by atoms with Gasteiger partial charge in [-0.2, -0.15) is 13.2 Å². The zero-order valence-corrected chi connectivity index (χ0v) is 12.4. The van der Waals surface area contributed by atoms with Crippen molar-refractivity contribution in [2.24, 2.45) is 0 Å². The number of alkyl halides is 3. The maximum atomic E-state index is 12.0. The van der Waals surface area contributed by atoms with Crippen LogP contribution in [-0.2, 0) is 19.5 Å². The Hall–Kier alpha value is -0.380. The fraction of sp³-hybridized carbons (Fsp3) is 1.00. The second-order valence-electron chi connectivity index (χ2n) is 5.54. The molecule has 124 valence electrons. The molecular weight excluding hydrogens is 311 g/mol. The highest BCUT2D eigenvalue weighted by Gasteiger charge is 2.41. The van der Waals surface area contributed by atoms with Gasteiger partial charge in [-0.1, -0.05) is 0 Å². The Balaban J connectivity index is 1.74. The molecule has 2 fully saturated rings. The van der Waals surface area contributed by atoms with Gasteiger partial charge >= 0.3 is 6.18 Å². The van der Waals surface area contributed by atoms with Crippen LogP contribution in [0.25, 0.3) is 0 Å². The van der Waals surface area contributed by atoms with E-state index in [1.54, 1.807) is 0 Å². The minimum absolute atomic E-state index is 0.251. The lowest BCUT2D eigenvalue weighted by atomic mass is 9.91. The van der Waals surface area contributed by atoms with Gasteiger partial charge in [0.1, 0.15) is 0 Å². The van der Waals surface area contributed by atoms with Gasteiger partial charge in [-0.15, -0.1) is 0 Å². The molecule has 0 amide bonds. The molecule has 1 spiro atoms. The van der Waals surface area contributed by atoms with Gasteiger partial charge < -0.3 is 9.47 Å². The molecule has 1 saturated carbocycles. The summed E-state index contributed by atoms with van der Waals surface area (Å²) in [6.07, 6.45) is -3.47. The largest absolute Gasteiger partial charge is 0.389 e. The molecule has 1 aliphatic carbocycles. The van der Waals surface area contributed by atoms with E-state index < -0.39 is 40.6 Å². The van der Waals surface area contributed by atoms with E-state index in [0.29, 0.717) is 38.9 Å². The first kappa shape index (κ1) is 17.0. The van der Waals surface area contributed by atoms with E-state index in [9.17, 15) is 21.6 Å². The number of hydrogen-bond acceptors (Lipinski definition) is 4. The first-order valence-corrected chi connectivity index (χ1v) is 8.70. The molecule has 21 heavy (non-hydrogen) atoms. The third-order valence-corrected chi connectivity index (χ3v) is 5.30. The van der Waals surface area contributed by atoms with Crippen LogP contribution < -0.4 is 4.72 Å². The first-order chi connectivity index (χ1) is 9.70. The van der Waals surface area contributed by atoms with Gasteiger partial charge in [0.25, 0.3) is 0 Å². The van der Waals surface area contributed by atoms with Crippen LogP contribution in [0.15, 0.2) is 0 Å². The first-order valence-electron chi connectivity index (χ1n) is 7.04. The highest BCUT2D eigenvalue weighted by atomic mass is 32.2. The highest BCUT2D eigenvalue weighted by molar-refractivity contribution is 7.89. The third-order valence-electron chi connectivity index (χ3n) is 3.78. The Morgan fingerprint density at radius 3 is 2.24 bits per heavy atom. The van der Waals surface area contributed by atoms with Crippen molar-refractivity contribution in [3.05, 3.63) is 0 Å². The molecule has 0 unspecified atom stereocenters. The van der Waals surface area contributed by atoms with Gasteiger partial charge in [0, 0.05) is 25.3 Å². The van der Waals surface area contributed by atoms with E-state index in [4.69, 9.17) is 9.47 Å². The molecule has 1 N–H and O–H groups in total. The molecule has 5 nitrogen and oxygen atoms in total. The SMILES string of the molecule is O=S(=O)(CCCC(F)(F)F)NC1CCC2(CC1)OCCO2. The van der Waals surface area contributed by atoms with Crippen molar-refractivity contribution in [3.8, 4) is 0 Å². The molecule has 2 aliphatic rings. The fourth-order valence-corrected chi connectivity index (χ4v) is 4.12. The Morgan fingerprint density at radius 2 is 1.71 bits per heavy atom. The Labute approximate surface area is 122 Å². The summed E-state index contributed by atoms with van der Waals surface area (Å²) in [5, 5.41) is 0. The monoisotopic (exact) mass is 331 g/mol. The number of sulfonamides is 1. The normalized spacial score (nSPS) is 23.8. The van der Waals surface area contributed by atoms with Crippen molar-refractivity contribution in [2.45, 2.75) is 56.5 Å².